The lowest BCUT2D eigenvalue weighted by atomic mass is 9.71. The summed E-state index contributed by atoms with van der Waals surface area (Å²) in [5, 5.41) is 0. The second-order valence-corrected chi connectivity index (χ2v) is 7.05. The van der Waals surface area contributed by atoms with Crippen LogP contribution >= 0.6 is 0 Å². The van der Waals surface area contributed by atoms with Gasteiger partial charge in [0.05, 0.1) is 24.5 Å². The van der Waals surface area contributed by atoms with Crippen molar-refractivity contribution in [3.8, 4) is 0 Å². The molecule has 6 heteroatoms. The van der Waals surface area contributed by atoms with Crippen molar-refractivity contribution >= 4 is 11.8 Å². The van der Waals surface area contributed by atoms with Crippen molar-refractivity contribution in [3.63, 3.8) is 0 Å². The first-order valence-corrected chi connectivity index (χ1v) is 8.81. The number of ether oxygens (including phenoxy) is 2. The van der Waals surface area contributed by atoms with E-state index in [0.717, 1.165) is 38.6 Å². The van der Waals surface area contributed by atoms with Crippen LogP contribution in [-0.2, 0) is 19.1 Å². The molecule has 0 aliphatic carbocycles. The summed E-state index contributed by atoms with van der Waals surface area (Å²) >= 11 is 0. The van der Waals surface area contributed by atoms with Gasteiger partial charge in [-0.1, -0.05) is 0 Å². The Morgan fingerprint density at radius 1 is 1.30 bits per heavy atom. The van der Waals surface area contributed by atoms with Gasteiger partial charge < -0.3 is 19.3 Å². The second-order valence-electron chi connectivity index (χ2n) is 7.05. The Labute approximate surface area is 138 Å². The maximum Gasteiger partial charge on any atom is 0.229 e. The van der Waals surface area contributed by atoms with Gasteiger partial charge in [-0.15, -0.1) is 0 Å². The molecule has 3 heterocycles. The number of rotatable bonds is 4. The van der Waals surface area contributed by atoms with Crippen molar-refractivity contribution in [3.05, 3.63) is 0 Å². The highest BCUT2D eigenvalue weighted by atomic mass is 16.5. The number of methoxy groups -OCH3 is 1. The number of amides is 2. The lowest BCUT2D eigenvalue weighted by Crippen LogP contribution is -2.55. The molecule has 1 unspecified atom stereocenters. The van der Waals surface area contributed by atoms with Gasteiger partial charge in [0.2, 0.25) is 11.8 Å². The predicted octanol–water partition coefficient (Wildman–Crippen LogP) is 0.901. The third kappa shape index (κ3) is 3.38. The van der Waals surface area contributed by atoms with E-state index in [1.165, 1.54) is 0 Å². The maximum absolute atomic E-state index is 12.9. The fraction of sp³-hybridized carbons (Fsp3) is 0.882. The second kappa shape index (κ2) is 7.18. The van der Waals surface area contributed by atoms with Crippen LogP contribution in [0.5, 0.6) is 0 Å². The summed E-state index contributed by atoms with van der Waals surface area (Å²) in [4.78, 5) is 29.3. The zero-order valence-electron chi connectivity index (χ0n) is 14.1. The molecule has 2 amide bonds. The zero-order valence-corrected chi connectivity index (χ0v) is 14.1. The smallest absolute Gasteiger partial charge is 0.229 e. The third-order valence-corrected chi connectivity index (χ3v) is 5.70. The van der Waals surface area contributed by atoms with Crippen LogP contribution in [0.3, 0.4) is 0 Å². The predicted molar refractivity (Wildman–Crippen MR) is 84.9 cm³/mol. The molecule has 0 aromatic carbocycles. The van der Waals surface area contributed by atoms with E-state index in [1.807, 2.05) is 9.80 Å². The summed E-state index contributed by atoms with van der Waals surface area (Å²) in [6.07, 6.45) is 4.46. The van der Waals surface area contributed by atoms with Crippen LogP contribution in [0.15, 0.2) is 0 Å². The highest BCUT2D eigenvalue weighted by Gasteiger charge is 2.46. The molecular weight excluding hydrogens is 296 g/mol. The quantitative estimate of drug-likeness (QED) is 0.771. The first-order chi connectivity index (χ1) is 11.2. The van der Waals surface area contributed by atoms with Crippen LogP contribution in [0.1, 0.15) is 32.1 Å². The van der Waals surface area contributed by atoms with E-state index in [2.05, 4.69) is 0 Å². The van der Waals surface area contributed by atoms with Gasteiger partial charge in [-0.05, 0) is 32.1 Å². The minimum Gasteiger partial charge on any atom is -0.383 e. The van der Waals surface area contributed by atoms with E-state index in [9.17, 15) is 9.59 Å². The first-order valence-electron chi connectivity index (χ1n) is 8.81. The van der Waals surface area contributed by atoms with Crippen molar-refractivity contribution in [2.75, 3.05) is 53.1 Å². The molecule has 3 aliphatic rings. The zero-order chi connectivity index (χ0) is 16.3. The molecular formula is C17H28N2O4. The Kier molecular flexibility index (Phi) is 5.21. The molecule has 130 valence electrons. The third-order valence-electron chi connectivity index (χ3n) is 5.70. The fourth-order valence-electron chi connectivity index (χ4n) is 4.17. The van der Waals surface area contributed by atoms with Gasteiger partial charge in [-0.2, -0.15) is 0 Å². The molecule has 0 N–H and O–H groups in total. The molecule has 23 heavy (non-hydrogen) atoms. The Hall–Kier alpha value is -1.14. The van der Waals surface area contributed by atoms with E-state index in [4.69, 9.17) is 9.47 Å². The molecule has 6 nitrogen and oxygen atoms in total. The molecule has 0 aromatic heterocycles. The molecule has 0 saturated carbocycles. The highest BCUT2D eigenvalue weighted by molar-refractivity contribution is 5.84. The molecule has 1 atom stereocenters. The number of nitrogens with zero attached hydrogens (tertiary/aromatic N) is 2. The van der Waals surface area contributed by atoms with Gasteiger partial charge in [0.15, 0.2) is 0 Å². The molecule has 3 aliphatic heterocycles. The van der Waals surface area contributed by atoms with Gasteiger partial charge in [0, 0.05) is 39.9 Å². The van der Waals surface area contributed by atoms with Gasteiger partial charge in [0.1, 0.15) is 0 Å². The van der Waals surface area contributed by atoms with Gasteiger partial charge in [-0.25, -0.2) is 0 Å². The van der Waals surface area contributed by atoms with Crippen molar-refractivity contribution in [1.29, 1.82) is 0 Å². The average Bonchev–Trinajstić information content (AvgIpc) is 3.11. The van der Waals surface area contributed by atoms with Gasteiger partial charge >= 0.3 is 0 Å². The van der Waals surface area contributed by atoms with Crippen LogP contribution in [0.2, 0.25) is 0 Å². The number of hydrogen-bond acceptors (Lipinski definition) is 4. The topological polar surface area (TPSA) is 59.1 Å². The van der Waals surface area contributed by atoms with Crippen LogP contribution in [0.25, 0.3) is 0 Å². The lowest BCUT2D eigenvalue weighted by Gasteiger charge is -2.46. The number of carbonyl (C=O) groups excluding carboxylic acids is 2. The number of hydrogen-bond donors (Lipinski definition) is 0. The first kappa shape index (κ1) is 16.7. The number of likely N-dealkylation sites (tertiary alicyclic amines) is 2. The molecule has 0 bridgehead atoms. The Morgan fingerprint density at radius 3 is 2.74 bits per heavy atom. The van der Waals surface area contributed by atoms with E-state index in [1.54, 1.807) is 7.11 Å². The molecule has 1 spiro atoms. The summed E-state index contributed by atoms with van der Waals surface area (Å²) in [6, 6.07) is 0. The summed E-state index contributed by atoms with van der Waals surface area (Å²) in [6.45, 7) is 4.78. The highest BCUT2D eigenvalue weighted by Crippen LogP contribution is 2.41. The van der Waals surface area contributed by atoms with Crippen molar-refractivity contribution in [2.45, 2.75) is 32.1 Å². The Balaban J connectivity index is 1.58. The van der Waals surface area contributed by atoms with E-state index >= 15 is 0 Å². The SMILES string of the molecule is COCCN1CCCC2(CCN(C(=O)C3CCOC3)CC2)C1=O. The minimum absolute atomic E-state index is 0.0318. The van der Waals surface area contributed by atoms with Crippen LogP contribution < -0.4 is 0 Å². The van der Waals surface area contributed by atoms with E-state index in [0.29, 0.717) is 39.5 Å². The monoisotopic (exact) mass is 324 g/mol. The summed E-state index contributed by atoms with van der Waals surface area (Å²) in [7, 11) is 1.67. The normalized spacial score (nSPS) is 27.7. The summed E-state index contributed by atoms with van der Waals surface area (Å²) in [5.74, 6) is 0.526. The summed E-state index contributed by atoms with van der Waals surface area (Å²) < 4.78 is 10.4. The van der Waals surface area contributed by atoms with E-state index in [-0.39, 0.29) is 23.1 Å². The van der Waals surface area contributed by atoms with Crippen molar-refractivity contribution in [1.82, 2.24) is 9.80 Å². The van der Waals surface area contributed by atoms with Crippen molar-refractivity contribution in [2.24, 2.45) is 11.3 Å². The summed E-state index contributed by atoms with van der Waals surface area (Å²) in [5.41, 5.74) is -0.241. The molecule has 3 fully saturated rings. The standard InChI is InChI=1S/C17H28N2O4/c1-22-12-10-19-7-2-4-17(16(19)21)5-8-18(9-6-17)15(20)14-3-11-23-13-14/h14H,2-13H2,1H3. The molecule has 0 radical (unpaired) electrons. The number of carbonyl (C=O) groups is 2. The van der Waals surface area contributed by atoms with Crippen LogP contribution in [-0.4, -0.2) is 74.7 Å². The van der Waals surface area contributed by atoms with Crippen LogP contribution in [0.4, 0.5) is 0 Å². The Morgan fingerprint density at radius 2 is 2.09 bits per heavy atom. The molecule has 0 aromatic rings. The van der Waals surface area contributed by atoms with Gasteiger partial charge in [-0.3, -0.25) is 9.59 Å². The minimum atomic E-state index is -0.241. The van der Waals surface area contributed by atoms with Crippen molar-refractivity contribution < 1.29 is 19.1 Å². The van der Waals surface area contributed by atoms with Gasteiger partial charge in [0.25, 0.3) is 0 Å². The maximum atomic E-state index is 12.9. The largest absolute Gasteiger partial charge is 0.383 e. The number of piperidine rings is 2. The molecule has 3 saturated heterocycles. The lowest BCUT2D eigenvalue weighted by molar-refractivity contribution is -0.154. The fourth-order valence-corrected chi connectivity index (χ4v) is 4.17. The Bertz CT molecular complexity index is 440. The van der Waals surface area contributed by atoms with Crippen LogP contribution in [0, 0.1) is 11.3 Å². The average molecular weight is 324 g/mol. The van der Waals surface area contributed by atoms with E-state index < -0.39 is 0 Å². The molecule has 3 rings (SSSR count).